The van der Waals surface area contributed by atoms with Gasteiger partial charge in [0.2, 0.25) is 0 Å². The summed E-state index contributed by atoms with van der Waals surface area (Å²) >= 11 is 0. The maximum Gasteiger partial charge on any atom is -0.0326 e. The van der Waals surface area contributed by atoms with Crippen LogP contribution in [0.4, 0.5) is 0 Å². The second-order valence-electron chi connectivity index (χ2n) is 9.63. The monoisotopic (exact) mass is 270 g/mol. The van der Waals surface area contributed by atoms with Crippen LogP contribution in [0, 0.1) is 59.2 Å². The van der Waals surface area contributed by atoms with Crippen molar-refractivity contribution in [2.75, 3.05) is 0 Å². The van der Waals surface area contributed by atoms with Crippen LogP contribution in [0.25, 0.3) is 0 Å². The quantitative estimate of drug-likeness (QED) is 0.619. The molecule has 0 N–H and O–H groups in total. The van der Waals surface area contributed by atoms with Gasteiger partial charge in [0.15, 0.2) is 0 Å². The normalized spacial score (nSPS) is 66.0. The molecule has 0 nitrogen and oxygen atoms in total. The molecule has 6 rings (SSSR count). The third-order valence-corrected chi connectivity index (χ3v) is 9.52. The molecule has 0 aromatic carbocycles. The van der Waals surface area contributed by atoms with E-state index >= 15 is 0 Å². The van der Waals surface area contributed by atoms with E-state index < -0.39 is 0 Å². The largest absolute Gasteiger partial charge is 0.0499 e. The van der Waals surface area contributed by atoms with E-state index in [1.807, 2.05) is 0 Å². The van der Waals surface area contributed by atoms with Gasteiger partial charge in [-0.25, -0.2) is 0 Å². The molecule has 6 aliphatic rings. The number of rotatable bonds is 1. The molecule has 0 unspecified atom stereocenters. The van der Waals surface area contributed by atoms with Crippen molar-refractivity contribution in [2.45, 2.75) is 64.2 Å². The highest BCUT2D eigenvalue weighted by Gasteiger charge is 2.60. The first-order valence-electron chi connectivity index (χ1n) is 9.90. The van der Waals surface area contributed by atoms with Crippen molar-refractivity contribution < 1.29 is 0 Å². The van der Waals surface area contributed by atoms with Gasteiger partial charge in [0.05, 0.1) is 0 Å². The Morgan fingerprint density at radius 2 is 0.750 bits per heavy atom. The molecule has 110 valence electrons. The zero-order valence-electron chi connectivity index (χ0n) is 12.8. The minimum atomic E-state index is 1.19. The summed E-state index contributed by atoms with van der Waals surface area (Å²) in [5, 5.41) is 0. The van der Waals surface area contributed by atoms with E-state index in [9.17, 15) is 0 Å². The average Bonchev–Trinajstić information content (AvgIpc) is 3.18. The molecule has 0 amide bonds. The van der Waals surface area contributed by atoms with Crippen molar-refractivity contribution in [1.82, 2.24) is 0 Å². The number of hydrogen-bond donors (Lipinski definition) is 0. The SMILES string of the molecule is C1C[C@H]2C[C@H]([C@@H]3C[C@@H]4CC[C@H]5CC[C@H]3[C@@H]54)[C@H]3CC[C@H]1[C@H]23. The van der Waals surface area contributed by atoms with Crippen molar-refractivity contribution >= 4 is 0 Å². The van der Waals surface area contributed by atoms with Gasteiger partial charge in [0.25, 0.3) is 0 Å². The smallest absolute Gasteiger partial charge is 0.0326 e. The van der Waals surface area contributed by atoms with Crippen molar-refractivity contribution in [3.8, 4) is 0 Å². The third kappa shape index (κ3) is 1.27. The van der Waals surface area contributed by atoms with Gasteiger partial charge >= 0.3 is 0 Å². The molecule has 6 fully saturated rings. The van der Waals surface area contributed by atoms with Crippen LogP contribution < -0.4 is 0 Å². The van der Waals surface area contributed by atoms with E-state index in [1.54, 1.807) is 64.2 Å². The first kappa shape index (κ1) is 11.6. The lowest BCUT2D eigenvalue weighted by atomic mass is 9.75. The van der Waals surface area contributed by atoms with Crippen LogP contribution in [0.15, 0.2) is 0 Å². The summed E-state index contributed by atoms with van der Waals surface area (Å²) in [6.07, 6.45) is 16.3. The highest BCUT2D eigenvalue weighted by molar-refractivity contribution is 5.09. The lowest BCUT2D eigenvalue weighted by molar-refractivity contribution is 0.182. The molecule has 0 aromatic heterocycles. The Morgan fingerprint density at radius 3 is 1.25 bits per heavy atom. The van der Waals surface area contributed by atoms with Gasteiger partial charge in [0, 0.05) is 0 Å². The minimum absolute atomic E-state index is 1.19. The van der Waals surface area contributed by atoms with E-state index in [-0.39, 0.29) is 0 Å². The Labute approximate surface area is 124 Å². The molecule has 10 atom stereocenters. The molecule has 0 bridgehead atoms. The molecule has 0 heterocycles. The summed E-state index contributed by atoms with van der Waals surface area (Å²) in [4.78, 5) is 0. The fourth-order valence-corrected chi connectivity index (χ4v) is 9.25. The Balaban J connectivity index is 1.31. The van der Waals surface area contributed by atoms with Gasteiger partial charge in [-0.3, -0.25) is 0 Å². The Bertz CT molecular complexity index is 386. The number of hydrogen-bond acceptors (Lipinski definition) is 0. The molecular formula is C20H30. The van der Waals surface area contributed by atoms with Gasteiger partial charge in [-0.05, 0) is 123 Å². The van der Waals surface area contributed by atoms with E-state index in [4.69, 9.17) is 0 Å². The summed E-state index contributed by atoms with van der Waals surface area (Å²) in [6.45, 7) is 0. The van der Waals surface area contributed by atoms with Crippen molar-refractivity contribution in [3.63, 3.8) is 0 Å². The fraction of sp³-hybridized carbons (Fsp3) is 1.00. The van der Waals surface area contributed by atoms with Crippen LogP contribution in [0.5, 0.6) is 0 Å². The summed E-state index contributed by atoms with van der Waals surface area (Å²) in [6, 6.07) is 0. The topological polar surface area (TPSA) is 0 Å². The van der Waals surface area contributed by atoms with E-state index in [0.29, 0.717) is 0 Å². The van der Waals surface area contributed by atoms with Gasteiger partial charge in [-0.1, -0.05) is 0 Å². The van der Waals surface area contributed by atoms with Crippen LogP contribution >= 0.6 is 0 Å². The van der Waals surface area contributed by atoms with E-state index in [1.165, 1.54) is 59.2 Å². The van der Waals surface area contributed by atoms with Gasteiger partial charge in [0.1, 0.15) is 0 Å². The molecule has 6 saturated carbocycles. The molecular weight excluding hydrogens is 240 g/mol. The van der Waals surface area contributed by atoms with Crippen molar-refractivity contribution in [3.05, 3.63) is 0 Å². The van der Waals surface area contributed by atoms with E-state index in [0.717, 1.165) is 0 Å². The molecule has 0 spiro atoms. The molecule has 6 aliphatic carbocycles. The summed E-state index contributed by atoms with van der Waals surface area (Å²) < 4.78 is 0. The second-order valence-corrected chi connectivity index (χ2v) is 9.63. The van der Waals surface area contributed by atoms with Gasteiger partial charge < -0.3 is 0 Å². The van der Waals surface area contributed by atoms with Crippen LogP contribution in [-0.2, 0) is 0 Å². The second kappa shape index (κ2) is 3.85. The molecule has 0 saturated heterocycles. The van der Waals surface area contributed by atoms with Crippen LogP contribution in [0.2, 0.25) is 0 Å². The van der Waals surface area contributed by atoms with Crippen molar-refractivity contribution in [2.24, 2.45) is 59.2 Å². The molecule has 0 aliphatic heterocycles. The summed E-state index contributed by atoms with van der Waals surface area (Å²) in [5.74, 6) is 12.0. The van der Waals surface area contributed by atoms with Gasteiger partial charge in [-0.2, -0.15) is 0 Å². The maximum absolute atomic E-state index is 1.68. The predicted octanol–water partition coefficient (Wildman–Crippen LogP) is 5.13. The summed E-state index contributed by atoms with van der Waals surface area (Å²) in [5.41, 5.74) is 0. The lowest BCUT2D eigenvalue weighted by Gasteiger charge is -2.30. The standard InChI is InChI=1S/C20H30/c1-3-13-9-17(15-7-5-11(1)19(13)15)18-10-14-4-2-12-6-8-16(18)20(12)14/h11-20H,1-10H2/t11-,12-,13-,14-,15+,16+,17-,18+,19+,20-/m0/s1. The summed E-state index contributed by atoms with van der Waals surface area (Å²) in [7, 11) is 0. The van der Waals surface area contributed by atoms with Crippen molar-refractivity contribution in [1.29, 1.82) is 0 Å². The van der Waals surface area contributed by atoms with E-state index in [2.05, 4.69) is 0 Å². The first-order valence-corrected chi connectivity index (χ1v) is 9.90. The Morgan fingerprint density at radius 1 is 0.350 bits per heavy atom. The Hall–Kier alpha value is 0. The third-order valence-electron chi connectivity index (χ3n) is 9.52. The maximum atomic E-state index is 1.68. The average molecular weight is 270 g/mol. The van der Waals surface area contributed by atoms with Crippen LogP contribution in [-0.4, -0.2) is 0 Å². The zero-order valence-corrected chi connectivity index (χ0v) is 12.8. The van der Waals surface area contributed by atoms with Crippen LogP contribution in [0.1, 0.15) is 64.2 Å². The minimum Gasteiger partial charge on any atom is -0.0499 e. The van der Waals surface area contributed by atoms with Crippen LogP contribution in [0.3, 0.4) is 0 Å². The van der Waals surface area contributed by atoms with Gasteiger partial charge in [-0.15, -0.1) is 0 Å². The highest BCUT2D eigenvalue weighted by atomic mass is 14.7. The molecule has 20 heavy (non-hydrogen) atoms. The lowest BCUT2D eigenvalue weighted by Crippen LogP contribution is -2.24. The predicted molar refractivity (Wildman–Crippen MR) is 81.1 cm³/mol. The molecule has 0 radical (unpaired) electrons. The first-order chi connectivity index (χ1) is 9.90. The fourth-order valence-electron chi connectivity index (χ4n) is 9.25. The Kier molecular flexibility index (Phi) is 2.22. The zero-order chi connectivity index (χ0) is 12.8. The molecule has 0 heteroatoms. The highest BCUT2D eigenvalue weighted by Crippen LogP contribution is 2.68. The molecule has 0 aromatic rings.